The van der Waals surface area contributed by atoms with Crippen LogP contribution >= 0.6 is 0 Å². The number of hydrogen-bond acceptors (Lipinski definition) is 6. The number of carbonyl (C=O) groups excluding carboxylic acids is 2. The fourth-order valence-electron chi connectivity index (χ4n) is 4.28. The lowest BCUT2D eigenvalue weighted by molar-refractivity contribution is -0.140. The molecule has 0 saturated carbocycles. The van der Waals surface area contributed by atoms with Gasteiger partial charge in [0.05, 0.1) is 19.1 Å². The van der Waals surface area contributed by atoms with Crippen LogP contribution < -0.4 is 19.1 Å². The largest absolute Gasteiger partial charge is 0.497 e. The van der Waals surface area contributed by atoms with E-state index in [1.807, 2.05) is 56.3 Å². The van der Waals surface area contributed by atoms with Crippen LogP contribution in [0.15, 0.2) is 78.9 Å². The standard InChI is InChI=1S/C31H39N3O6S/c1-5-20-32-31(36)29(6-2)33(21-24-12-16-27(39-3)17-13-24)30(35)22-34(41(4,37)38)26-14-18-28(19-15-26)40-23-25-10-8-7-9-11-25/h7-19,29H,5-6,20-23H2,1-4H3,(H,32,36)/t29-/m1/s1. The number of anilines is 1. The van der Waals surface area contributed by atoms with Gasteiger partial charge < -0.3 is 19.7 Å². The molecule has 9 nitrogen and oxygen atoms in total. The minimum Gasteiger partial charge on any atom is -0.497 e. The zero-order valence-electron chi connectivity index (χ0n) is 24.1. The monoisotopic (exact) mass is 581 g/mol. The summed E-state index contributed by atoms with van der Waals surface area (Å²) in [4.78, 5) is 28.3. The van der Waals surface area contributed by atoms with Crippen LogP contribution in [0.4, 0.5) is 5.69 Å². The van der Waals surface area contributed by atoms with Gasteiger partial charge >= 0.3 is 0 Å². The summed E-state index contributed by atoms with van der Waals surface area (Å²) < 4.78 is 37.8. The Morgan fingerprint density at radius 2 is 1.51 bits per heavy atom. The minimum atomic E-state index is -3.84. The Bertz CT molecular complexity index is 1360. The van der Waals surface area contributed by atoms with Gasteiger partial charge in [0, 0.05) is 13.1 Å². The molecule has 0 unspecified atom stereocenters. The van der Waals surface area contributed by atoms with Crippen LogP contribution in [0, 0.1) is 0 Å². The first kappa shape index (κ1) is 31.5. The molecule has 3 rings (SSSR count). The molecule has 1 atom stereocenters. The predicted molar refractivity (Wildman–Crippen MR) is 160 cm³/mol. The van der Waals surface area contributed by atoms with Crippen LogP contribution in [0.25, 0.3) is 0 Å². The second kappa shape index (κ2) is 15.1. The molecule has 0 saturated heterocycles. The average Bonchev–Trinajstić information content (AvgIpc) is 2.98. The number of hydrogen-bond donors (Lipinski definition) is 1. The molecule has 0 aliphatic rings. The summed E-state index contributed by atoms with van der Waals surface area (Å²) in [5, 5.41) is 2.87. The van der Waals surface area contributed by atoms with E-state index in [9.17, 15) is 18.0 Å². The van der Waals surface area contributed by atoms with Crippen LogP contribution in [0.2, 0.25) is 0 Å². The first-order valence-electron chi connectivity index (χ1n) is 13.6. The minimum absolute atomic E-state index is 0.130. The van der Waals surface area contributed by atoms with Gasteiger partial charge in [0.1, 0.15) is 30.7 Å². The molecule has 41 heavy (non-hydrogen) atoms. The van der Waals surface area contributed by atoms with Crippen LogP contribution in [0.5, 0.6) is 11.5 Å². The fourth-order valence-corrected chi connectivity index (χ4v) is 5.13. The Kier molecular flexibility index (Phi) is 11.6. The number of rotatable bonds is 15. The topological polar surface area (TPSA) is 105 Å². The molecule has 10 heteroatoms. The molecule has 0 radical (unpaired) electrons. The number of carbonyl (C=O) groups is 2. The van der Waals surface area contributed by atoms with Crippen molar-refractivity contribution in [3.63, 3.8) is 0 Å². The van der Waals surface area contributed by atoms with Gasteiger partial charge in [0.15, 0.2) is 0 Å². The summed E-state index contributed by atoms with van der Waals surface area (Å²) in [6.45, 7) is 4.29. The highest BCUT2D eigenvalue weighted by Gasteiger charge is 2.31. The van der Waals surface area contributed by atoms with Crippen molar-refractivity contribution < 1.29 is 27.5 Å². The van der Waals surface area contributed by atoms with E-state index < -0.39 is 28.5 Å². The number of methoxy groups -OCH3 is 1. The van der Waals surface area contributed by atoms with Gasteiger partial charge in [0.2, 0.25) is 21.8 Å². The molecule has 0 aliphatic heterocycles. The van der Waals surface area contributed by atoms with Crippen LogP contribution in [0.1, 0.15) is 37.8 Å². The first-order valence-corrected chi connectivity index (χ1v) is 15.5. The SMILES string of the molecule is CCCNC(=O)[C@@H](CC)N(Cc1ccc(OC)cc1)C(=O)CN(c1ccc(OCc2ccccc2)cc1)S(C)(=O)=O. The summed E-state index contributed by atoms with van der Waals surface area (Å²) in [6.07, 6.45) is 2.17. The van der Waals surface area contributed by atoms with E-state index in [2.05, 4.69) is 5.32 Å². The van der Waals surface area contributed by atoms with Crippen LogP contribution in [0.3, 0.4) is 0 Å². The van der Waals surface area contributed by atoms with Crippen molar-refractivity contribution in [1.29, 1.82) is 0 Å². The summed E-state index contributed by atoms with van der Waals surface area (Å²) in [5.74, 6) is 0.465. The van der Waals surface area contributed by atoms with Crippen molar-refractivity contribution in [1.82, 2.24) is 10.2 Å². The van der Waals surface area contributed by atoms with Gasteiger partial charge in [-0.3, -0.25) is 13.9 Å². The molecule has 1 N–H and O–H groups in total. The van der Waals surface area contributed by atoms with E-state index in [0.29, 0.717) is 36.8 Å². The molecule has 0 aromatic heterocycles. The molecule has 0 spiro atoms. The fraction of sp³-hybridized carbons (Fsp3) is 0.355. The highest BCUT2D eigenvalue weighted by molar-refractivity contribution is 7.92. The third kappa shape index (κ3) is 9.24. The molecule has 0 bridgehead atoms. The van der Waals surface area contributed by atoms with Gasteiger partial charge in [-0.05, 0) is 60.4 Å². The zero-order chi connectivity index (χ0) is 29.8. The van der Waals surface area contributed by atoms with E-state index in [-0.39, 0.29) is 12.5 Å². The predicted octanol–water partition coefficient (Wildman–Crippen LogP) is 4.37. The van der Waals surface area contributed by atoms with E-state index in [1.54, 1.807) is 43.5 Å². The molecule has 220 valence electrons. The highest BCUT2D eigenvalue weighted by Crippen LogP contribution is 2.24. The van der Waals surface area contributed by atoms with Crippen molar-refractivity contribution in [2.75, 3.05) is 30.8 Å². The van der Waals surface area contributed by atoms with Crippen molar-refractivity contribution in [3.8, 4) is 11.5 Å². The Labute approximate surface area is 243 Å². The van der Waals surface area contributed by atoms with Gasteiger partial charge in [-0.25, -0.2) is 8.42 Å². The molecular weight excluding hydrogens is 542 g/mol. The van der Waals surface area contributed by atoms with E-state index in [0.717, 1.165) is 28.1 Å². The third-order valence-corrected chi connectivity index (χ3v) is 7.64. The second-order valence-electron chi connectivity index (χ2n) is 9.62. The summed E-state index contributed by atoms with van der Waals surface area (Å²) in [5.41, 5.74) is 2.11. The maximum absolute atomic E-state index is 13.8. The lowest BCUT2D eigenvalue weighted by atomic mass is 10.1. The number of sulfonamides is 1. The van der Waals surface area contributed by atoms with Crippen molar-refractivity contribution in [3.05, 3.63) is 90.0 Å². The normalized spacial score (nSPS) is 11.8. The van der Waals surface area contributed by atoms with Crippen LogP contribution in [-0.2, 0) is 32.8 Å². The highest BCUT2D eigenvalue weighted by atomic mass is 32.2. The number of nitrogens with zero attached hydrogens (tertiary/aromatic N) is 2. The number of nitrogens with one attached hydrogen (secondary N) is 1. The molecular formula is C31H39N3O6S. The zero-order valence-corrected chi connectivity index (χ0v) is 24.9. The van der Waals surface area contributed by atoms with Crippen molar-refractivity contribution in [2.45, 2.75) is 45.9 Å². The molecule has 0 aliphatic carbocycles. The number of amides is 2. The van der Waals surface area contributed by atoms with E-state index >= 15 is 0 Å². The molecule has 2 amide bonds. The van der Waals surface area contributed by atoms with Crippen molar-refractivity contribution >= 4 is 27.5 Å². The van der Waals surface area contributed by atoms with E-state index in [4.69, 9.17) is 9.47 Å². The van der Waals surface area contributed by atoms with Crippen LogP contribution in [-0.4, -0.2) is 57.6 Å². The molecule has 3 aromatic rings. The van der Waals surface area contributed by atoms with Gasteiger partial charge in [-0.15, -0.1) is 0 Å². The third-order valence-electron chi connectivity index (χ3n) is 6.50. The molecule has 3 aromatic carbocycles. The number of benzene rings is 3. The van der Waals surface area contributed by atoms with Gasteiger partial charge in [0.25, 0.3) is 0 Å². The molecule has 0 fully saturated rings. The summed E-state index contributed by atoms with van der Waals surface area (Å²) in [7, 11) is -2.27. The Morgan fingerprint density at radius 3 is 2.07 bits per heavy atom. The summed E-state index contributed by atoms with van der Waals surface area (Å²) >= 11 is 0. The second-order valence-corrected chi connectivity index (χ2v) is 11.5. The Balaban J connectivity index is 1.84. The Morgan fingerprint density at radius 1 is 0.878 bits per heavy atom. The average molecular weight is 582 g/mol. The van der Waals surface area contributed by atoms with Gasteiger partial charge in [-0.2, -0.15) is 0 Å². The van der Waals surface area contributed by atoms with E-state index in [1.165, 1.54) is 4.90 Å². The number of ether oxygens (including phenoxy) is 2. The quantitative estimate of drug-likeness (QED) is 0.286. The summed E-state index contributed by atoms with van der Waals surface area (Å²) in [6, 6.07) is 22.7. The first-order chi connectivity index (χ1) is 19.7. The lowest BCUT2D eigenvalue weighted by Gasteiger charge is -2.33. The smallest absolute Gasteiger partial charge is 0.244 e. The van der Waals surface area contributed by atoms with Gasteiger partial charge in [-0.1, -0.05) is 56.3 Å². The molecule has 0 heterocycles. The maximum Gasteiger partial charge on any atom is 0.244 e. The maximum atomic E-state index is 13.8. The van der Waals surface area contributed by atoms with Crippen molar-refractivity contribution in [2.24, 2.45) is 0 Å². The Hall–Kier alpha value is -4.05. The lowest BCUT2D eigenvalue weighted by Crippen LogP contribution is -2.52.